The maximum atomic E-state index is 5.86. The second kappa shape index (κ2) is 9.05. The molecule has 0 aliphatic heterocycles. The maximum absolute atomic E-state index is 5.86. The zero-order chi connectivity index (χ0) is 19.0. The fourth-order valence-electron chi connectivity index (χ4n) is 2.84. The summed E-state index contributed by atoms with van der Waals surface area (Å²) in [5.41, 5.74) is 3.10. The number of pyridine rings is 1. The number of H-pyrrole nitrogens is 1. The van der Waals surface area contributed by atoms with Crippen LogP contribution in [0.25, 0.3) is 10.9 Å². The highest BCUT2D eigenvalue weighted by molar-refractivity contribution is 5.78. The number of rotatable bonds is 9. The highest BCUT2D eigenvalue weighted by Gasteiger charge is 2.02. The first-order chi connectivity index (χ1) is 13.9. The molecule has 7 nitrogen and oxygen atoms in total. The van der Waals surface area contributed by atoms with Crippen molar-refractivity contribution in [2.75, 3.05) is 13.2 Å². The Morgan fingerprint density at radius 2 is 1.71 bits per heavy atom. The molecule has 4 aromatic rings. The normalized spacial score (nSPS) is 11.0. The first-order valence-corrected chi connectivity index (χ1v) is 9.23. The molecule has 0 radical (unpaired) electrons. The van der Waals surface area contributed by atoms with Crippen molar-refractivity contribution in [3.05, 3.63) is 77.7 Å². The zero-order valence-electron chi connectivity index (χ0n) is 15.4. The van der Waals surface area contributed by atoms with Gasteiger partial charge in [0.1, 0.15) is 12.4 Å². The van der Waals surface area contributed by atoms with E-state index in [2.05, 4.69) is 49.9 Å². The van der Waals surface area contributed by atoms with Crippen LogP contribution in [0.1, 0.15) is 17.1 Å². The summed E-state index contributed by atoms with van der Waals surface area (Å²) in [6.45, 7) is 1.68. The average molecular weight is 375 g/mol. The third-order valence-corrected chi connectivity index (χ3v) is 4.36. The number of ether oxygens (including phenoxy) is 2. The van der Waals surface area contributed by atoms with Crippen LogP contribution in [0, 0.1) is 0 Å². The Balaban J connectivity index is 1.21. The van der Waals surface area contributed by atoms with E-state index in [4.69, 9.17) is 9.47 Å². The van der Waals surface area contributed by atoms with Gasteiger partial charge in [-0.1, -0.05) is 41.6 Å². The molecular formula is C21H21N5O2. The van der Waals surface area contributed by atoms with Crippen molar-refractivity contribution in [1.29, 1.82) is 0 Å². The molecule has 2 heterocycles. The molecule has 0 amide bonds. The lowest BCUT2D eigenvalue weighted by molar-refractivity contribution is 0.139. The summed E-state index contributed by atoms with van der Waals surface area (Å²) in [6, 6.07) is 20.2. The number of aromatic amines is 1. The van der Waals surface area contributed by atoms with E-state index in [-0.39, 0.29) is 0 Å². The van der Waals surface area contributed by atoms with Gasteiger partial charge in [0.05, 0.1) is 24.4 Å². The second-order valence-electron chi connectivity index (χ2n) is 6.37. The van der Waals surface area contributed by atoms with E-state index in [1.54, 1.807) is 0 Å². The molecule has 4 rings (SSSR count). The van der Waals surface area contributed by atoms with E-state index in [1.165, 1.54) is 5.56 Å². The van der Waals surface area contributed by atoms with Gasteiger partial charge in [0, 0.05) is 11.8 Å². The minimum atomic E-state index is 0.448. The highest BCUT2D eigenvalue weighted by atomic mass is 16.5. The first-order valence-electron chi connectivity index (χ1n) is 9.23. The predicted octanol–water partition coefficient (Wildman–Crippen LogP) is 3.13. The molecule has 0 aliphatic carbocycles. The Kier molecular flexibility index (Phi) is 5.84. The quantitative estimate of drug-likeness (QED) is 0.452. The van der Waals surface area contributed by atoms with Crippen LogP contribution in [-0.2, 0) is 24.2 Å². The fraction of sp³-hybridized carbons (Fsp3) is 0.238. The largest absolute Gasteiger partial charge is 0.487 e. The summed E-state index contributed by atoms with van der Waals surface area (Å²) in [5, 5.41) is 14.9. The molecule has 0 bridgehead atoms. The molecule has 0 saturated carbocycles. The van der Waals surface area contributed by atoms with E-state index in [1.807, 2.05) is 36.4 Å². The van der Waals surface area contributed by atoms with Gasteiger partial charge < -0.3 is 9.47 Å². The average Bonchev–Trinajstić information content (AvgIpc) is 3.26. The maximum Gasteiger partial charge on any atom is 0.176 e. The van der Waals surface area contributed by atoms with Crippen LogP contribution < -0.4 is 4.74 Å². The van der Waals surface area contributed by atoms with Gasteiger partial charge in [-0.15, -0.1) is 10.2 Å². The molecular weight excluding hydrogens is 354 g/mol. The third kappa shape index (κ3) is 4.89. The number of nitrogens with one attached hydrogen (secondary N) is 1. The lowest BCUT2D eigenvalue weighted by Crippen LogP contribution is -2.04. The monoisotopic (exact) mass is 375 g/mol. The minimum Gasteiger partial charge on any atom is -0.487 e. The molecule has 28 heavy (non-hydrogen) atoms. The molecule has 142 valence electrons. The SMILES string of the molecule is c1ccc2nc(COc3ccc(CCOCCc4nn[nH]n4)cc3)ccc2c1. The molecule has 0 atom stereocenters. The van der Waals surface area contributed by atoms with Crippen LogP contribution in [0.5, 0.6) is 5.75 Å². The van der Waals surface area contributed by atoms with Crippen molar-refractivity contribution in [2.45, 2.75) is 19.4 Å². The van der Waals surface area contributed by atoms with Crippen molar-refractivity contribution in [1.82, 2.24) is 25.6 Å². The molecule has 7 heteroatoms. The van der Waals surface area contributed by atoms with Crippen LogP contribution in [0.4, 0.5) is 0 Å². The highest BCUT2D eigenvalue weighted by Crippen LogP contribution is 2.16. The van der Waals surface area contributed by atoms with Crippen molar-refractivity contribution in [2.24, 2.45) is 0 Å². The van der Waals surface area contributed by atoms with E-state index in [0.717, 1.165) is 28.8 Å². The number of hydrogen-bond acceptors (Lipinski definition) is 6. The summed E-state index contributed by atoms with van der Waals surface area (Å²) >= 11 is 0. The summed E-state index contributed by atoms with van der Waals surface area (Å²) in [5.74, 6) is 1.50. The molecule has 0 unspecified atom stereocenters. The number of benzene rings is 2. The molecule has 2 aromatic heterocycles. The number of para-hydroxylation sites is 1. The molecule has 0 spiro atoms. The molecule has 0 aliphatic rings. The molecule has 2 aromatic carbocycles. The van der Waals surface area contributed by atoms with E-state index in [9.17, 15) is 0 Å². The third-order valence-electron chi connectivity index (χ3n) is 4.36. The van der Waals surface area contributed by atoms with Gasteiger partial charge in [-0.3, -0.25) is 0 Å². The Morgan fingerprint density at radius 3 is 2.57 bits per heavy atom. The van der Waals surface area contributed by atoms with Gasteiger partial charge in [0.25, 0.3) is 0 Å². The van der Waals surface area contributed by atoms with E-state index in [0.29, 0.717) is 32.1 Å². The molecule has 0 fully saturated rings. The number of fused-ring (bicyclic) bond motifs is 1. The minimum absolute atomic E-state index is 0.448. The number of tetrazole rings is 1. The Hall–Kier alpha value is -3.32. The lowest BCUT2D eigenvalue weighted by atomic mass is 10.1. The zero-order valence-corrected chi connectivity index (χ0v) is 15.4. The number of aromatic nitrogens is 5. The van der Waals surface area contributed by atoms with E-state index >= 15 is 0 Å². The van der Waals surface area contributed by atoms with Gasteiger partial charge in [0.2, 0.25) is 0 Å². The van der Waals surface area contributed by atoms with Crippen LogP contribution in [-0.4, -0.2) is 38.8 Å². The summed E-state index contributed by atoms with van der Waals surface area (Å²) in [6.07, 6.45) is 1.50. The van der Waals surface area contributed by atoms with Crippen molar-refractivity contribution < 1.29 is 9.47 Å². The van der Waals surface area contributed by atoms with Gasteiger partial charge in [-0.05, 0) is 36.2 Å². The molecule has 1 N–H and O–H groups in total. The summed E-state index contributed by atoms with van der Waals surface area (Å²) in [4.78, 5) is 4.63. The Bertz CT molecular complexity index is 1000. The number of hydrogen-bond donors (Lipinski definition) is 1. The van der Waals surface area contributed by atoms with Gasteiger partial charge >= 0.3 is 0 Å². The second-order valence-corrected chi connectivity index (χ2v) is 6.37. The van der Waals surface area contributed by atoms with Crippen LogP contribution in [0.2, 0.25) is 0 Å². The van der Waals surface area contributed by atoms with Crippen LogP contribution in [0.3, 0.4) is 0 Å². The van der Waals surface area contributed by atoms with Gasteiger partial charge in [0.15, 0.2) is 5.82 Å². The fourth-order valence-corrected chi connectivity index (χ4v) is 2.84. The summed E-state index contributed by atoms with van der Waals surface area (Å²) in [7, 11) is 0. The summed E-state index contributed by atoms with van der Waals surface area (Å²) < 4.78 is 11.5. The van der Waals surface area contributed by atoms with Gasteiger partial charge in [-0.25, -0.2) is 4.98 Å². The molecule has 0 saturated heterocycles. The van der Waals surface area contributed by atoms with Crippen molar-refractivity contribution >= 4 is 10.9 Å². The van der Waals surface area contributed by atoms with Crippen molar-refractivity contribution in [3.8, 4) is 5.75 Å². The van der Waals surface area contributed by atoms with Crippen LogP contribution >= 0.6 is 0 Å². The van der Waals surface area contributed by atoms with Gasteiger partial charge in [-0.2, -0.15) is 5.21 Å². The first kappa shape index (κ1) is 18.1. The van der Waals surface area contributed by atoms with Crippen molar-refractivity contribution in [3.63, 3.8) is 0 Å². The van der Waals surface area contributed by atoms with E-state index < -0.39 is 0 Å². The topological polar surface area (TPSA) is 85.8 Å². The number of nitrogens with zero attached hydrogens (tertiary/aromatic N) is 4. The lowest BCUT2D eigenvalue weighted by Gasteiger charge is -2.08. The van der Waals surface area contributed by atoms with Crippen LogP contribution in [0.15, 0.2) is 60.7 Å². The Morgan fingerprint density at radius 1 is 0.857 bits per heavy atom. The Labute approximate surface area is 162 Å². The smallest absolute Gasteiger partial charge is 0.176 e. The standard InChI is InChI=1S/C21H21N5O2/c1-2-4-20-17(3-1)7-8-18(22-20)15-28-19-9-5-16(6-10-19)11-13-27-14-12-21-23-25-26-24-21/h1-10H,11-15H2,(H,23,24,25,26). The predicted molar refractivity (Wildman–Crippen MR) is 105 cm³/mol.